The van der Waals surface area contributed by atoms with Crippen molar-refractivity contribution in [2.75, 3.05) is 38.2 Å². The van der Waals surface area contributed by atoms with Crippen molar-refractivity contribution in [3.05, 3.63) is 34.4 Å². The zero-order valence-electron chi connectivity index (χ0n) is 13.5. The quantitative estimate of drug-likeness (QED) is 0.667. The average molecular weight is 319 g/mol. The number of para-hydroxylation sites is 2. The van der Waals surface area contributed by atoms with E-state index in [1.165, 1.54) is 19.3 Å². The molecule has 23 heavy (non-hydrogen) atoms. The van der Waals surface area contributed by atoms with Gasteiger partial charge in [-0.15, -0.1) is 0 Å². The number of hydrogen-bond acceptors (Lipinski definition) is 5. The molecule has 1 aromatic rings. The molecule has 0 spiro atoms. The lowest BCUT2D eigenvalue weighted by Gasteiger charge is -2.48. The Morgan fingerprint density at radius 2 is 1.87 bits per heavy atom. The SMILES string of the molecule is O=[N+]([O-])c1ccccc1NCC1(N2CCOCC2)CCCCC1. The predicted molar refractivity (Wildman–Crippen MR) is 89.8 cm³/mol. The zero-order valence-corrected chi connectivity index (χ0v) is 13.5. The fourth-order valence-electron chi connectivity index (χ4n) is 3.89. The van der Waals surface area contributed by atoms with Gasteiger partial charge in [-0.1, -0.05) is 31.4 Å². The molecule has 3 rings (SSSR count). The van der Waals surface area contributed by atoms with Crippen LogP contribution < -0.4 is 5.32 Å². The molecule has 0 radical (unpaired) electrons. The van der Waals surface area contributed by atoms with Gasteiger partial charge in [0.05, 0.1) is 18.1 Å². The third-order valence-electron chi connectivity index (χ3n) is 5.17. The number of benzene rings is 1. The van der Waals surface area contributed by atoms with E-state index < -0.39 is 0 Å². The van der Waals surface area contributed by atoms with Gasteiger partial charge in [-0.3, -0.25) is 15.0 Å². The molecular formula is C17H25N3O3. The maximum Gasteiger partial charge on any atom is 0.292 e. The van der Waals surface area contributed by atoms with Crippen LogP contribution >= 0.6 is 0 Å². The average Bonchev–Trinajstić information content (AvgIpc) is 2.62. The molecular weight excluding hydrogens is 294 g/mol. The predicted octanol–water partition coefficient (Wildman–Crippen LogP) is 3.04. The van der Waals surface area contributed by atoms with Gasteiger partial charge in [0, 0.05) is 31.2 Å². The van der Waals surface area contributed by atoms with E-state index in [0.717, 1.165) is 45.7 Å². The number of nitrogens with zero attached hydrogens (tertiary/aromatic N) is 2. The maximum atomic E-state index is 11.2. The van der Waals surface area contributed by atoms with Crippen molar-refractivity contribution in [1.82, 2.24) is 4.90 Å². The van der Waals surface area contributed by atoms with E-state index in [9.17, 15) is 10.1 Å². The molecule has 6 heteroatoms. The van der Waals surface area contributed by atoms with Gasteiger partial charge in [-0.25, -0.2) is 0 Å². The highest BCUT2D eigenvalue weighted by Crippen LogP contribution is 2.35. The number of ether oxygens (including phenoxy) is 1. The summed E-state index contributed by atoms with van der Waals surface area (Å²) in [5, 5.41) is 14.6. The Hall–Kier alpha value is -1.66. The van der Waals surface area contributed by atoms with Gasteiger partial charge in [-0.2, -0.15) is 0 Å². The Morgan fingerprint density at radius 3 is 2.57 bits per heavy atom. The van der Waals surface area contributed by atoms with E-state index in [4.69, 9.17) is 4.74 Å². The van der Waals surface area contributed by atoms with Gasteiger partial charge in [0.15, 0.2) is 0 Å². The van der Waals surface area contributed by atoms with Gasteiger partial charge in [0.25, 0.3) is 5.69 Å². The van der Waals surface area contributed by atoms with Crippen molar-refractivity contribution >= 4 is 11.4 Å². The lowest BCUT2D eigenvalue weighted by Crippen LogP contribution is -2.58. The Kier molecular flexibility index (Phi) is 5.13. The summed E-state index contributed by atoms with van der Waals surface area (Å²) in [6, 6.07) is 6.91. The minimum atomic E-state index is -0.315. The van der Waals surface area contributed by atoms with Gasteiger partial charge >= 0.3 is 0 Å². The fraction of sp³-hybridized carbons (Fsp3) is 0.647. The van der Waals surface area contributed by atoms with Crippen LogP contribution in [0.2, 0.25) is 0 Å². The van der Waals surface area contributed by atoms with Crippen LogP contribution in [0.15, 0.2) is 24.3 Å². The first-order chi connectivity index (χ1) is 11.2. The van der Waals surface area contributed by atoms with Gasteiger partial charge < -0.3 is 10.1 Å². The summed E-state index contributed by atoms with van der Waals surface area (Å²) in [4.78, 5) is 13.4. The van der Waals surface area contributed by atoms with E-state index in [-0.39, 0.29) is 16.1 Å². The number of nitro benzene ring substituents is 1. The molecule has 0 unspecified atom stereocenters. The lowest BCUT2D eigenvalue weighted by atomic mass is 9.79. The molecule has 0 atom stereocenters. The summed E-state index contributed by atoms with van der Waals surface area (Å²) in [7, 11) is 0. The van der Waals surface area contributed by atoms with Crippen LogP contribution in [0.25, 0.3) is 0 Å². The maximum absolute atomic E-state index is 11.2. The van der Waals surface area contributed by atoms with Crippen LogP contribution in [-0.2, 0) is 4.74 Å². The molecule has 6 nitrogen and oxygen atoms in total. The molecule has 0 bridgehead atoms. The van der Waals surface area contributed by atoms with E-state index in [1.807, 2.05) is 6.07 Å². The van der Waals surface area contributed by atoms with Crippen molar-refractivity contribution < 1.29 is 9.66 Å². The van der Waals surface area contributed by atoms with Crippen LogP contribution in [0.3, 0.4) is 0 Å². The first kappa shape index (κ1) is 16.2. The van der Waals surface area contributed by atoms with Crippen LogP contribution in [-0.4, -0.2) is 48.2 Å². The molecule has 2 fully saturated rings. The first-order valence-corrected chi connectivity index (χ1v) is 8.51. The van der Waals surface area contributed by atoms with Crippen LogP contribution in [0, 0.1) is 10.1 Å². The highest BCUT2D eigenvalue weighted by Gasteiger charge is 2.38. The van der Waals surface area contributed by atoms with Gasteiger partial charge in [0.2, 0.25) is 0 Å². The standard InChI is InChI=1S/C17H25N3O3/c21-20(22)16-7-3-2-6-15(16)18-14-17(8-4-1-5-9-17)19-10-12-23-13-11-19/h2-3,6-7,18H,1,4-5,8-14H2. The zero-order chi connectivity index (χ0) is 16.1. The Morgan fingerprint density at radius 1 is 1.17 bits per heavy atom. The summed E-state index contributed by atoms with van der Waals surface area (Å²) in [6.45, 7) is 4.25. The summed E-state index contributed by atoms with van der Waals surface area (Å²) in [5.41, 5.74) is 0.877. The third kappa shape index (κ3) is 3.64. The molecule has 1 aliphatic carbocycles. The minimum Gasteiger partial charge on any atom is -0.379 e. The first-order valence-electron chi connectivity index (χ1n) is 8.51. The number of anilines is 1. The minimum absolute atomic E-state index is 0.103. The Balaban J connectivity index is 1.75. The second kappa shape index (κ2) is 7.27. The fourth-order valence-corrected chi connectivity index (χ4v) is 3.89. The summed E-state index contributed by atoms with van der Waals surface area (Å²) < 4.78 is 5.50. The molecule has 1 saturated heterocycles. The topological polar surface area (TPSA) is 67.6 Å². The second-order valence-electron chi connectivity index (χ2n) is 6.51. The van der Waals surface area contributed by atoms with Crippen molar-refractivity contribution in [1.29, 1.82) is 0 Å². The number of rotatable bonds is 5. The molecule has 1 heterocycles. The number of nitro groups is 1. The molecule has 1 saturated carbocycles. The number of morpholine rings is 1. The van der Waals surface area contributed by atoms with Crippen molar-refractivity contribution in [3.8, 4) is 0 Å². The normalized spacial score (nSPS) is 21.7. The van der Waals surface area contributed by atoms with E-state index in [0.29, 0.717) is 5.69 Å². The van der Waals surface area contributed by atoms with Crippen molar-refractivity contribution in [3.63, 3.8) is 0 Å². The number of nitrogens with one attached hydrogen (secondary N) is 1. The Labute approximate surface area is 137 Å². The highest BCUT2D eigenvalue weighted by molar-refractivity contribution is 5.61. The van der Waals surface area contributed by atoms with E-state index >= 15 is 0 Å². The number of hydrogen-bond donors (Lipinski definition) is 1. The third-order valence-corrected chi connectivity index (χ3v) is 5.17. The smallest absolute Gasteiger partial charge is 0.292 e. The van der Waals surface area contributed by atoms with Crippen LogP contribution in [0.5, 0.6) is 0 Å². The van der Waals surface area contributed by atoms with E-state index in [1.54, 1.807) is 18.2 Å². The van der Waals surface area contributed by atoms with Crippen molar-refractivity contribution in [2.45, 2.75) is 37.6 Å². The largest absolute Gasteiger partial charge is 0.379 e. The van der Waals surface area contributed by atoms with Crippen molar-refractivity contribution in [2.24, 2.45) is 0 Å². The summed E-state index contributed by atoms with van der Waals surface area (Å²) in [6.07, 6.45) is 6.06. The van der Waals surface area contributed by atoms with Crippen LogP contribution in [0.1, 0.15) is 32.1 Å². The lowest BCUT2D eigenvalue weighted by molar-refractivity contribution is -0.384. The molecule has 126 valence electrons. The summed E-state index contributed by atoms with van der Waals surface area (Å²) >= 11 is 0. The monoisotopic (exact) mass is 319 g/mol. The molecule has 2 aliphatic rings. The van der Waals surface area contributed by atoms with Crippen LogP contribution in [0.4, 0.5) is 11.4 Å². The second-order valence-corrected chi connectivity index (χ2v) is 6.51. The summed E-state index contributed by atoms with van der Waals surface area (Å²) in [5.74, 6) is 0. The molecule has 1 aliphatic heterocycles. The molecule has 0 aromatic heterocycles. The highest BCUT2D eigenvalue weighted by atomic mass is 16.6. The van der Waals surface area contributed by atoms with E-state index in [2.05, 4.69) is 10.2 Å². The van der Waals surface area contributed by atoms with Gasteiger partial charge in [0.1, 0.15) is 5.69 Å². The molecule has 1 N–H and O–H groups in total. The van der Waals surface area contributed by atoms with Gasteiger partial charge in [-0.05, 0) is 18.9 Å². The Bertz CT molecular complexity index is 538. The molecule has 1 aromatic carbocycles. The molecule has 0 amide bonds.